The molecular weight excluding hydrogens is 236 g/mol. The summed E-state index contributed by atoms with van der Waals surface area (Å²) in [6, 6.07) is 5.41. The van der Waals surface area contributed by atoms with E-state index in [1.54, 1.807) is 18.2 Å². The number of carbonyl (C=O) groups is 2. The van der Waals surface area contributed by atoms with Crippen LogP contribution in [0.2, 0.25) is 0 Å². The largest absolute Gasteiger partial charge is 0.349 e. The van der Waals surface area contributed by atoms with E-state index < -0.39 is 11.0 Å². The summed E-state index contributed by atoms with van der Waals surface area (Å²) in [6.45, 7) is 2.69. The van der Waals surface area contributed by atoms with Gasteiger partial charge in [-0.3, -0.25) is 19.7 Å². The zero-order valence-electron chi connectivity index (χ0n) is 10.2. The molecule has 0 aliphatic carbocycles. The molecule has 1 aromatic rings. The van der Waals surface area contributed by atoms with Gasteiger partial charge in [-0.1, -0.05) is 18.2 Å². The third-order valence-electron chi connectivity index (χ3n) is 2.38. The number of hydrogen-bond acceptors (Lipinski definition) is 4. The number of amides is 1. The Morgan fingerprint density at radius 3 is 2.44 bits per heavy atom. The van der Waals surface area contributed by atoms with Crippen molar-refractivity contribution >= 4 is 17.4 Å². The lowest BCUT2D eigenvalue weighted by Crippen LogP contribution is -2.28. The van der Waals surface area contributed by atoms with Crippen LogP contribution in [-0.2, 0) is 9.59 Å². The van der Waals surface area contributed by atoms with Gasteiger partial charge in [0.05, 0.1) is 16.5 Å². The van der Waals surface area contributed by atoms with Gasteiger partial charge in [0.1, 0.15) is 5.78 Å². The van der Waals surface area contributed by atoms with Gasteiger partial charge in [-0.05, 0) is 6.92 Å². The van der Waals surface area contributed by atoms with E-state index in [0.717, 1.165) is 0 Å². The van der Waals surface area contributed by atoms with E-state index in [0.29, 0.717) is 5.56 Å². The van der Waals surface area contributed by atoms with Crippen LogP contribution in [0.15, 0.2) is 24.3 Å². The van der Waals surface area contributed by atoms with E-state index in [2.05, 4.69) is 5.32 Å². The SMILES string of the molecule is CC(=O)CC(NC(C)=O)c1ccccc1[N+](=O)[O-]. The van der Waals surface area contributed by atoms with Crippen molar-refractivity contribution in [2.45, 2.75) is 26.3 Å². The van der Waals surface area contributed by atoms with Gasteiger partial charge in [-0.25, -0.2) is 0 Å². The fraction of sp³-hybridized carbons (Fsp3) is 0.333. The summed E-state index contributed by atoms with van der Waals surface area (Å²) < 4.78 is 0. The summed E-state index contributed by atoms with van der Waals surface area (Å²) >= 11 is 0. The van der Waals surface area contributed by atoms with Gasteiger partial charge >= 0.3 is 0 Å². The molecule has 0 aliphatic rings. The second-order valence-electron chi connectivity index (χ2n) is 3.98. The number of nitro groups is 1. The van der Waals surface area contributed by atoms with Crippen LogP contribution in [0.4, 0.5) is 5.69 Å². The standard InChI is InChI=1S/C12H14N2O4/c1-8(15)7-11(13-9(2)16)10-5-3-4-6-12(10)14(17)18/h3-6,11H,7H2,1-2H3,(H,13,16). The molecule has 18 heavy (non-hydrogen) atoms. The summed E-state index contributed by atoms with van der Waals surface area (Å²) in [5.74, 6) is -0.480. The monoisotopic (exact) mass is 250 g/mol. The van der Waals surface area contributed by atoms with Gasteiger partial charge in [0.15, 0.2) is 0 Å². The molecule has 1 atom stereocenters. The molecule has 1 N–H and O–H groups in total. The zero-order chi connectivity index (χ0) is 13.7. The number of carbonyl (C=O) groups excluding carboxylic acids is 2. The third-order valence-corrected chi connectivity index (χ3v) is 2.38. The molecule has 0 heterocycles. The number of rotatable bonds is 5. The number of hydrogen-bond donors (Lipinski definition) is 1. The average Bonchev–Trinajstić information content (AvgIpc) is 2.26. The first-order valence-corrected chi connectivity index (χ1v) is 5.41. The summed E-state index contributed by atoms with van der Waals surface area (Å²) in [6.07, 6.45) is 0.0322. The summed E-state index contributed by atoms with van der Waals surface area (Å²) in [7, 11) is 0. The fourth-order valence-electron chi connectivity index (χ4n) is 1.72. The quantitative estimate of drug-likeness (QED) is 0.636. The number of nitro benzene ring substituents is 1. The first-order valence-electron chi connectivity index (χ1n) is 5.41. The van der Waals surface area contributed by atoms with E-state index in [4.69, 9.17) is 0 Å². The maximum atomic E-state index is 11.2. The predicted molar refractivity (Wildman–Crippen MR) is 65.0 cm³/mol. The van der Waals surface area contributed by atoms with E-state index in [1.165, 1.54) is 19.9 Å². The molecule has 1 rings (SSSR count). The van der Waals surface area contributed by atoms with Crippen LogP contribution in [0.25, 0.3) is 0 Å². The van der Waals surface area contributed by atoms with E-state index >= 15 is 0 Å². The lowest BCUT2D eigenvalue weighted by atomic mass is 10.00. The molecule has 1 aromatic carbocycles. The van der Waals surface area contributed by atoms with Crippen LogP contribution >= 0.6 is 0 Å². The Balaban J connectivity index is 3.15. The van der Waals surface area contributed by atoms with Crippen LogP contribution in [0.5, 0.6) is 0 Å². The molecule has 6 nitrogen and oxygen atoms in total. The van der Waals surface area contributed by atoms with Gasteiger partial charge in [-0.2, -0.15) is 0 Å². The molecule has 0 fully saturated rings. The summed E-state index contributed by atoms with van der Waals surface area (Å²) in [4.78, 5) is 32.6. The van der Waals surface area contributed by atoms with Gasteiger partial charge in [0, 0.05) is 19.4 Å². The minimum atomic E-state index is -0.665. The van der Waals surface area contributed by atoms with E-state index in [-0.39, 0.29) is 23.8 Å². The molecule has 96 valence electrons. The maximum absolute atomic E-state index is 11.2. The van der Waals surface area contributed by atoms with Crippen molar-refractivity contribution in [1.82, 2.24) is 5.32 Å². The Morgan fingerprint density at radius 1 is 1.33 bits per heavy atom. The highest BCUT2D eigenvalue weighted by molar-refractivity contribution is 5.79. The number of benzene rings is 1. The van der Waals surface area contributed by atoms with Crippen LogP contribution in [-0.4, -0.2) is 16.6 Å². The molecule has 1 unspecified atom stereocenters. The van der Waals surface area contributed by atoms with E-state index in [1.807, 2.05) is 0 Å². The number of nitrogens with zero attached hydrogens (tertiary/aromatic N) is 1. The highest BCUT2D eigenvalue weighted by Crippen LogP contribution is 2.27. The van der Waals surface area contributed by atoms with E-state index in [9.17, 15) is 19.7 Å². The van der Waals surface area contributed by atoms with Crippen LogP contribution in [0.1, 0.15) is 31.9 Å². The Kier molecular flexibility index (Phi) is 4.53. The lowest BCUT2D eigenvalue weighted by molar-refractivity contribution is -0.385. The Labute approximate surface area is 104 Å². The molecule has 0 aliphatic heterocycles. The molecule has 0 aromatic heterocycles. The number of para-hydroxylation sites is 1. The molecule has 0 radical (unpaired) electrons. The van der Waals surface area contributed by atoms with Gasteiger partial charge in [0.2, 0.25) is 5.91 Å². The van der Waals surface area contributed by atoms with Crippen molar-refractivity contribution in [1.29, 1.82) is 0 Å². The smallest absolute Gasteiger partial charge is 0.274 e. The van der Waals surface area contributed by atoms with Gasteiger partial charge in [-0.15, -0.1) is 0 Å². The number of ketones is 1. The topological polar surface area (TPSA) is 89.3 Å². The molecule has 6 heteroatoms. The zero-order valence-corrected chi connectivity index (χ0v) is 10.2. The highest BCUT2D eigenvalue weighted by Gasteiger charge is 2.23. The first-order chi connectivity index (χ1) is 8.41. The summed E-state index contributed by atoms with van der Waals surface area (Å²) in [5.41, 5.74) is 0.241. The Morgan fingerprint density at radius 2 is 1.94 bits per heavy atom. The molecule has 0 bridgehead atoms. The minimum absolute atomic E-state index is 0.0322. The molecule has 0 saturated carbocycles. The predicted octanol–water partition coefficient (Wildman–Crippen LogP) is 1.75. The maximum Gasteiger partial charge on any atom is 0.274 e. The highest BCUT2D eigenvalue weighted by atomic mass is 16.6. The van der Waals surface area contributed by atoms with Crippen molar-refractivity contribution in [3.8, 4) is 0 Å². The average molecular weight is 250 g/mol. The molecule has 1 amide bonds. The van der Waals surface area contributed by atoms with Crippen molar-refractivity contribution < 1.29 is 14.5 Å². The molecule has 0 spiro atoms. The molecule has 0 saturated heterocycles. The number of nitrogens with one attached hydrogen (secondary N) is 1. The van der Waals surface area contributed by atoms with Crippen molar-refractivity contribution in [2.24, 2.45) is 0 Å². The first kappa shape index (κ1) is 13.8. The van der Waals surface area contributed by atoms with Crippen molar-refractivity contribution in [3.05, 3.63) is 39.9 Å². The lowest BCUT2D eigenvalue weighted by Gasteiger charge is -2.16. The third kappa shape index (κ3) is 3.65. The minimum Gasteiger partial charge on any atom is -0.349 e. The fourth-order valence-corrected chi connectivity index (χ4v) is 1.72. The second-order valence-corrected chi connectivity index (χ2v) is 3.98. The molecular formula is C12H14N2O4. The van der Waals surface area contributed by atoms with Crippen LogP contribution < -0.4 is 5.32 Å². The second kappa shape index (κ2) is 5.90. The number of Topliss-reactive ketones (excluding diaryl/α,β-unsaturated/α-hetero) is 1. The van der Waals surface area contributed by atoms with Crippen LogP contribution in [0, 0.1) is 10.1 Å². The van der Waals surface area contributed by atoms with Crippen molar-refractivity contribution in [3.63, 3.8) is 0 Å². The normalized spacial score (nSPS) is 11.7. The summed E-state index contributed by atoms with van der Waals surface area (Å²) in [5, 5.41) is 13.5. The Hall–Kier alpha value is -2.24. The van der Waals surface area contributed by atoms with Crippen LogP contribution in [0.3, 0.4) is 0 Å². The van der Waals surface area contributed by atoms with Gasteiger partial charge < -0.3 is 5.32 Å². The van der Waals surface area contributed by atoms with Gasteiger partial charge in [0.25, 0.3) is 5.69 Å². The Bertz CT molecular complexity index is 469. The van der Waals surface area contributed by atoms with Crippen molar-refractivity contribution in [2.75, 3.05) is 0 Å².